The Morgan fingerprint density at radius 3 is 2.58 bits per heavy atom. The number of benzene rings is 2. The minimum atomic E-state index is -3.78. The van der Waals surface area contributed by atoms with E-state index in [9.17, 15) is 18.0 Å². The van der Waals surface area contributed by atoms with Crippen LogP contribution in [-0.4, -0.2) is 25.2 Å². The standard InChI is InChI=1S/C24H17ClN4O5S2/c1-14-2-5-16(12-20(14)25)29-23(31)19(22(30)27-29)13-17-6-9-21(34-17)15-3-7-18(8-4-15)36(32,33)28-24-26-10-11-35-24/h2-13H,1H3,(H,26,28)(H,27,30). The molecule has 182 valence electrons. The molecule has 1 aliphatic rings. The number of hydrazine groups is 1. The molecule has 0 spiro atoms. The number of aromatic nitrogens is 1. The lowest BCUT2D eigenvalue weighted by Gasteiger charge is -2.15. The number of carbonyl (C=O) groups excluding carboxylic acids is 2. The number of halogens is 1. The first kappa shape index (κ1) is 23.8. The SMILES string of the molecule is Cc1ccc(N2NC(=O)C(=Cc3ccc(-c4ccc(S(=O)(=O)Nc5nccs5)cc4)o3)C2=O)cc1Cl. The zero-order valence-corrected chi connectivity index (χ0v) is 20.9. The van der Waals surface area contributed by atoms with Crippen molar-refractivity contribution in [3.63, 3.8) is 0 Å². The van der Waals surface area contributed by atoms with Crippen molar-refractivity contribution in [3.05, 3.63) is 88.1 Å². The first-order valence-corrected chi connectivity index (χ1v) is 13.2. The Kier molecular flexibility index (Phi) is 6.12. The highest BCUT2D eigenvalue weighted by Gasteiger charge is 2.35. The van der Waals surface area contributed by atoms with Crippen molar-refractivity contribution >= 4 is 61.7 Å². The van der Waals surface area contributed by atoms with Crippen molar-refractivity contribution in [2.24, 2.45) is 0 Å². The number of nitrogens with zero attached hydrogens (tertiary/aromatic N) is 2. The van der Waals surface area contributed by atoms with Gasteiger partial charge in [0, 0.05) is 22.2 Å². The average Bonchev–Trinajstić information content (AvgIpc) is 3.59. The zero-order chi connectivity index (χ0) is 25.4. The van der Waals surface area contributed by atoms with Crippen molar-refractivity contribution in [2.45, 2.75) is 11.8 Å². The molecule has 0 bridgehead atoms. The Bertz CT molecular complexity index is 1610. The smallest absolute Gasteiger partial charge is 0.282 e. The number of nitrogens with one attached hydrogen (secondary N) is 2. The minimum Gasteiger partial charge on any atom is -0.457 e. The predicted octanol–water partition coefficient (Wildman–Crippen LogP) is 4.63. The van der Waals surface area contributed by atoms with Gasteiger partial charge in [-0.15, -0.1) is 11.3 Å². The van der Waals surface area contributed by atoms with Crippen molar-refractivity contribution in [3.8, 4) is 11.3 Å². The number of amides is 2. The summed E-state index contributed by atoms with van der Waals surface area (Å²) in [6.45, 7) is 1.84. The molecule has 4 aromatic rings. The molecule has 1 saturated heterocycles. The number of anilines is 2. The summed E-state index contributed by atoms with van der Waals surface area (Å²) in [5.41, 5.74) is 4.33. The van der Waals surface area contributed by atoms with Gasteiger partial charge >= 0.3 is 0 Å². The maximum Gasteiger partial charge on any atom is 0.282 e. The van der Waals surface area contributed by atoms with Crippen LogP contribution in [0, 0.1) is 6.92 Å². The van der Waals surface area contributed by atoms with Gasteiger partial charge < -0.3 is 4.42 Å². The normalized spacial score (nSPS) is 14.9. The van der Waals surface area contributed by atoms with Crippen LogP contribution in [-0.2, 0) is 19.6 Å². The lowest BCUT2D eigenvalue weighted by molar-refractivity contribution is -0.117. The highest BCUT2D eigenvalue weighted by atomic mass is 35.5. The molecule has 0 unspecified atom stereocenters. The van der Waals surface area contributed by atoms with Crippen molar-refractivity contribution < 1.29 is 22.4 Å². The van der Waals surface area contributed by atoms with Gasteiger partial charge in [0.25, 0.3) is 21.8 Å². The third-order valence-electron chi connectivity index (χ3n) is 5.32. The number of hydrogen-bond donors (Lipinski definition) is 2. The second-order valence-electron chi connectivity index (χ2n) is 7.74. The molecule has 3 heterocycles. The molecule has 0 aliphatic carbocycles. The third-order valence-corrected chi connectivity index (χ3v) is 7.90. The van der Waals surface area contributed by atoms with E-state index in [1.807, 2.05) is 6.92 Å². The summed E-state index contributed by atoms with van der Waals surface area (Å²) in [6.07, 6.45) is 2.86. The molecule has 1 aliphatic heterocycles. The van der Waals surface area contributed by atoms with E-state index in [1.54, 1.807) is 47.8 Å². The third kappa shape index (κ3) is 4.63. The molecule has 36 heavy (non-hydrogen) atoms. The molecule has 2 amide bonds. The van der Waals surface area contributed by atoms with Crippen molar-refractivity contribution in [1.82, 2.24) is 10.4 Å². The van der Waals surface area contributed by atoms with Gasteiger partial charge in [0.15, 0.2) is 5.13 Å². The van der Waals surface area contributed by atoms with Gasteiger partial charge in [-0.05, 0) is 67.1 Å². The fourth-order valence-corrected chi connectivity index (χ4v) is 5.40. The number of thiazole rings is 1. The van der Waals surface area contributed by atoms with E-state index in [-0.39, 0.29) is 21.4 Å². The molecule has 5 rings (SSSR count). The molecule has 9 nitrogen and oxygen atoms in total. The fraction of sp³-hybridized carbons (Fsp3) is 0.0417. The molecule has 2 aromatic heterocycles. The van der Waals surface area contributed by atoms with Crippen LogP contribution in [0.2, 0.25) is 5.02 Å². The van der Waals surface area contributed by atoms with E-state index in [0.717, 1.165) is 10.6 Å². The van der Waals surface area contributed by atoms with Gasteiger partial charge in [-0.1, -0.05) is 17.7 Å². The summed E-state index contributed by atoms with van der Waals surface area (Å²) < 4.78 is 33.2. The van der Waals surface area contributed by atoms with Gasteiger partial charge in [-0.3, -0.25) is 19.7 Å². The molecule has 2 N–H and O–H groups in total. The van der Waals surface area contributed by atoms with E-state index in [2.05, 4.69) is 15.1 Å². The quantitative estimate of drug-likeness (QED) is 0.272. The van der Waals surface area contributed by atoms with Crippen LogP contribution in [0.5, 0.6) is 0 Å². The molecule has 12 heteroatoms. The van der Waals surface area contributed by atoms with Crippen LogP contribution >= 0.6 is 22.9 Å². The zero-order valence-electron chi connectivity index (χ0n) is 18.6. The molecule has 0 atom stereocenters. The summed E-state index contributed by atoms with van der Waals surface area (Å²) in [5, 5.41) is 3.54. The number of furan rings is 1. The topological polar surface area (TPSA) is 122 Å². The Morgan fingerprint density at radius 1 is 1.11 bits per heavy atom. The molecule has 0 radical (unpaired) electrons. The van der Waals surface area contributed by atoms with E-state index in [4.69, 9.17) is 16.0 Å². The van der Waals surface area contributed by atoms with E-state index in [1.165, 1.54) is 35.7 Å². The van der Waals surface area contributed by atoms with Gasteiger partial charge in [0.1, 0.15) is 17.1 Å². The van der Waals surface area contributed by atoms with Gasteiger partial charge in [0.05, 0.1) is 10.6 Å². The molecular weight excluding hydrogens is 524 g/mol. The van der Waals surface area contributed by atoms with Crippen LogP contribution in [0.15, 0.2) is 81.1 Å². The van der Waals surface area contributed by atoms with Crippen LogP contribution in [0.3, 0.4) is 0 Å². The monoisotopic (exact) mass is 540 g/mol. The Morgan fingerprint density at radius 2 is 1.89 bits per heavy atom. The van der Waals surface area contributed by atoms with E-state index < -0.39 is 21.8 Å². The van der Waals surface area contributed by atoms with Crippen molar-refractivity contribution in [1.29, 1.82) is 0 Å². The highest BCUT2D eigenvalue weighted by molar-refractivity contribution is 7.93. The van der Waals surface area contributed by atoms with Gasteiger partial charge in [-0.2, -0.15) is 0 Å². The lowest BCUT2D eigenvalue weighted by Crippen LogP contribution is -2.35. The van der Waals surface area contributed by atoms with Gasteiger partial charge in [0.2, 0.25) is 0 Å². The summed E-state index contributed by atoms with van der Waals surface area (Å²) in [4.78, 5) is 29.3. The molecule has 0 saturated carbocycles. The maximum atomic E-state index is 12.9. The summed E-state index contributed by atoms with van der Waals surface area (Å²) in [7, 11) is -3.78. The first-order chi connectivity index (χ1) is 17.2. The maximum absolute atomic E-state index is 12.9. The molecule has 1 fully saturated rings. The number of carbonyl (C=O) groups is 2. The van der Waals surface area contributed by atoms with E-state index >= 15 is 0 Å². The second-order valence-corrected chi connectivity index (χ2v) is 10.7. The number of sulfonamides is 1. The summed E-state index contributed by atoms with van der Waals surface area (Å²) in [6, 6.07) is 14.4. The number of rotatable bonds is 6. The second kappa shape index (κ2) is 9.26. The van der Waals surface area contributed by atoms with E-state index in [0.29, 0.717) is 22.0 Å². The van der Waals surface area contributed by atoms with Crippen LogP contribution in [0.25, 0.3) is 17.4 Å². The first-order valence-electron chi connectivity index (χ1n) is 10.5. The van der Waals surface area contributed by atoms with Crippen LogP contribution in [0.1, 0.15) is 11.3 Å². The highest BCUT2D eigenvalue weighted by Crippen LogP contribution is 2.29. The predicted molar refractivity (Wildman–Crippen MR) is 137 cm³/mol. The summed E-state index contributed by atoms with van der Waals surface area (Å²) >= 11 is 7.33. The van der Waals surface area contributed by atoms with Crippen LogP contribution in [0.4, 0.5) is 10.8 Å². The molecule has 2 aromatic carbocycles. The average molecular weight is 541 g/mol. The molecular formula is C24H17ClN4O5S2. The Hall–Kier alpha value is -3.93. The fourth-order valence-electron chi connectivity index (χ4n) is 3.43. The number of aryl methyl sites for hydroxylation is 1. The van der Waals surface area contributed by atoms with Crippen LogP contribution < -0.4 is 15.2 Å². The van der Waals surface area contributed by atoms with Gasteiger partial charge in [-0.25, -0.2) is 18.4 Å². The number of hydrogen-bond acceptors (Lipinski definition) is 7. The Labute approximate surface area is 215 Å². The minimum absolute atomic E-state index is 0.0693. The summed E-state index contributed by atoms with van der Waals surface area (Å²) in [5.74, 6) is -0.391. The Balaban J connectivity index is 1.34. The van der Waals surface area contributed by atoms with Crippen molar-refractivity contribution in [2.75, 3.05) is 9.73 Å². The largest absolute Gasteiger partial charge is 0.457 e. The lowest BCUT2D eigenvalue weighted by atomic mass is 10.2.